The van der Waals surface area contributed by atoms with E-state index in [1.807, 2.05) is 18.7 Å². The van der Waals surface area contributed by atoms with Gasteiger partial charge in [-0.15, -0.1) is 12.4 Å². The number of hydrogen-bond acceptors (Lipinski definition) is 5. The van der Waals surface area contributed by atoms with Crippen LogP contribution >= 0.6 is 12.4 Å². The van der Waals surface area contributed by atoms with E-state index in [0.29, 0.717) is 26.2 Å². The minimum Gasteiger partial charge on any atom is -0.378 e. The van der Waals surface area contributed by atoms with E-state index >= 15 is 0 Å². The van der Waals surface area contributed by atoms with Crippen molar-refractivity contribution >= 4 is 28.3 Å². The molecule has 1 atom stereocenters. The second-order valence-electron chi connectivity index (χ2n) is 7.83. The Kier molecular flexibility index (Phi) is 7.35. The van der Waals surface area contributed by atoms with Gasteiger partial charge in [0.1, 0.15) is 0 Å². The summed E-state index contributed by atoms with van der Waals surface area (Å²) in [6.45, 7) is 7.84. The minimum absolute atomic E-state index is 0. The second-order valence-corrected chi connectivity index (χ2v) is 9.92. The molecule has 1 saturated carbocycles. The smallest absolute Gasteiger partial charge is 0.226 e. The van der Waals surface area contributed by atoms with Crippen molar-refractivity contribution in [2.75, 3.05) is 51.6 Å². The first-order valence-corrected chi connectivity index (χ1v) is 11.0. The molecule has 0 radical (unpaired) electrons. The Hall–Kier alpha value is -0.410. The summed E-state index contributed by atoms with van der Waals surface area (Å²) in [7, 11) is -3.30. The largest absolute Gasteiger partial charge is 0.378 e. The number of carbonyl (C=O) groups is 1. The lowest BCUT2D eigenvalue weighted by atomic mass is 9.91. The van der Waals surface area contributed by atoms with Gasteiger partial charge in [0.2, 0.25) is 15.9 Å². The molecule has 3 fully saturated rings. The van der Waals surface area contributed by atoms with Crippen LogP contribution in [0.4, 0.5) is 0 Å². The maximum Gasteiger partial charge on any atom is 0.226 e. The average Bonchev–Trinajstić information content (AvgIpc) is 3.27. The highest BCUT2D eigenvalue weighted by Gasteiger charge is 2.58. The number of nitrogens with zero attached hydrogens (tertiary/aromatic N) is 2. The van der Waals surface area contributed by atoms with Crippen LogP contribution in [0.25, 0.3) is 0 Å². The molecule has 3 rings (SSSR count). The molecule has 152 valence electrons. The van der Waals surface area contributed by atoms with Crippen molar-refractivity contribution in [1.29, 1.82) is 0 Å². The summed E-state index contributed by atoms with van der Waals surface area (Å²) in [4.78, 5) is 14.6. The fraction of sp³-hybridized carbons (Fsp3) is 0.941. The van der Waals surface area contributed by atoms with E-state index in [1.165, 1.54) is 4.31 Å². The normalized spacial score (nSPS) is 26.0. The third kappa shape index (κ3) is 4.90. The molecular formula is C17H32ClN3O4S. The molecule has 0 bridgehead atoms. The highest BCUT2D eigenvalue weighted by molar-refractivity contribution is 7.89. The van der Waals surface area contributed by atoms with Crippen molar-refractivity contribution in [2.24, 2.45) is 11.3 Å². The summed E-state index contributed by atoms with van der Waals surface area (Å²) < 4.78 is 31.6. The Balaban J connectivity index is 0.00000243. The van der Waals surface area contributed by atoms with E-state index in [4.69, 9.17) is 4.74 Å². The third-order valence-electron chi connectivity index (χ3n) is 5.82. The van der Waals surface area contributed by atoms with E-state index in [9.17, 15) is 13.2 Å². The number of ether oxygens (including phenoxy) is 1. The molecule has 0 aromatic rings. The van der Waals surface area contributed by atoms with E-state index in [-0.39, 0.29) is 48.1 Å². The van der Waals surface area contributed by atoms with Gasteiger partial charge in [0.05, 0.1) is 18.5 Å². The van der Waals surface area contributed by atoms with Gasteiger partial charge < -0.3 is 15.0 Å². The van der Waals surface area contributed by atoms with Gasteiger partial charge in [0.25, 0.3) is 0 Å². The molecule has 2 saturated heterocycles. The molecule has 0 aromatic heterocycles. The second kappa shape index (κ2) is 8.73. The van der Waals surface area contributed by atoms with Crippen LogP contribution in [0, 0.1) is 11.3 Å². The lowest BCUT2D eigenvalue weighted by Crippen LogP contribution is -2.52. The Bertz CT molecular complexity index is 585. The summed E-state index contributed by atoms with van der Waals surface area (Å²) >= 11 is 0. The van der Waals surface area contributed by atoms with Gasteiger partial charge >= 0.3 is 0 Å². The molecule has 2 aliphatic heterocycles. The topological polar surface area (TPSA) is 79.0 Å². The van der Waals surface area contributed by atoms with Gasteiger partial charge in [-0.1, -0.05) is 0 Å². The quantitative estimate of drug-likeness (QED) is 0.698. The van der Waals surface area contributed by atoms with E-state index in [2.05, 4.69) is 5.32 Å². The monoisotopic (exact) mass is 409 g/mol. The molecule has 26 heavy (non-hydrogen) atoms. The molecule has 1 unspecified atom stereocenters. The van der Waals surface area contributed by atoms with Crippen LogP contribution in [0.15, 0.2) is 0 Å². The lowest BCUT2D eigenvalue weighted by molar-refractivity contribution is -0.134. The molecule has 1 spiro atoms. The number of nitrogens with one attached hydrogen (secondary N) is 1. The van der Waals surface area contributed by atoms with Crippen LogP contribution in [0.2, 0.25) is 0 Å². The molecule has 9 heteroatoms. The zero-order chi connectivity index (χ0) is 18.1. The number of piperidine rings is 1. The number of rotatable bonds is 6. The molecule has 0 aromatic carbocycles. The van der Waals surface area contributed by atoms with Crippen LogP contribution in [0.3, 0.4) is 0 Å². The highest BCUT2D eigenvalue weighted by Crippen LogP contribution is 2.59. The predicted octanol–water partition coefficient (Wildman–Crippen LogP) is 0.697. The maximum atomic E-state index is 12.8. The minimum atomic E-state index is -3.30. The van der Waals surface area contributed by atoms with Crippen molar-refractivity contribution in [3.8, 4) is 0 Å². The number of halogens is 1. The number of amides is 1. The van der Waals surface area contributed by atoms with Crippen molar-refractivity contribution in [1.82, 2.24) is 14.5 Å². The first-order chi connectivity index (χ1) is 11.8. The molecule has 1 aliphatic carbocycles. The fourth-order valence-electron chi connectivity index (χ4n) is 4.10. The number of sulfonamides is 1. The van der Waals surface area contributed by atoms with Gasteiger partial charge in [0.15, 0.2) is 0 Å². The third-order valence-corrected chi connectivity index (χ3v) is 7.66. The van der Waals surface area contributed by atoms with Crippen LogP contribution in [0.1, 0.15) is 33.1 Å². The summed E-state index contributed by atoms with van der Waals surface area (Å²) in [6, 6.07) is 0. The fourth-order valence-corrected chi connectivity index (χ4v) is 5.38. The van der Waals surface area contributed by atoms with Gasteiger partial charge in [-0.3, -0.25) is 4.79 Å². The standard InChI is InChI=1S/C17H31N3O4S.ClH/c1-14(2)24-11-12-25(22,23)20-9-7-19(8-10-20)16(21)15-13-17(15)3-5-18-6-4-17;/h14-15,18H,3-13H2,1-2H3;1H. The van der Waals surface area contributed by atoms with Crippen LogP contribution in [-0.2, 0) is 19.6 Å². The molecule has 3 aliphatic rings. The van der Waals surface area contributed by atoms with Crippen molar-refractivity contribution in [3.05, 3.63) is 0 Å². The van der Waals surface area contributed by atoms with Gasteiger partial charge in [-0.05, 0) is 51.6 Å². The number of carbonyl (C=O) groups excluding carboxylic acids is 1. The van der Waals surface area contributed by atoms with Gasteiger partial charge in [0, 0.05) is 32.1 Å². The van der Waals surface area contributed by atoms with Crippen LogP contribution in [0.5, 0.6) is 0 Å². The molecule has 1 N–H and O–H groups in total. The highest BCUT2D eigenvalue weighted by atomic mass is 35.5. The van der Waals surface area contributed by atoms with Crippen LogP contribution < -0.4 is 5.32 Å². The Morgan fingerprint density at radius 1 is 1.19 bits per heavy atom. The first kappa shape index (κ1) is 21.9. The van der Waals surface area contributed by atoms with E-state index < -0.39 is 10.0 Å². The number of piperazine rings is 1. The van der Waals surface area contributed by atoms with Gasteiger partial charge in [-0.2, -0.15) is 4.31 Å². The summed E-state index contributed by atoms with van der Waals surface area (Å²) in [5.41, 5.74) is 0.236. The van der Waals surface area contributed by atoms with Crippen molar-refractivity contribution in [2.45, 2.75) is 39.2 Å². The summed E-state index contributed by atoms with van der Waals surface area (Å²) in [6.07, 6.45) is 3.23. The first-order valence-electron chi connectivity index (χ1n) is 9.43. The Morgan fingerprint density at radius 2 is 1.81 bits per heavy atom. The van der Waals surface area contributed by atoms with E-state index in [1.54, 1.807) is 0 Å². The SMILES string of the molecule is CC(C)OCCS(=O)(=O)N1CCN(C(=O)C2CC23CCNCC3)CC1.Cl. The number of hydrogen-bond donors (Lipinski definition) is 1. The maximum absolute atomic E-state index is 12.8. The van der Waals surface area contributed by atoms with Crippen molar-refractivity contribution < 1.29 is 17.9 Å². The van der Waals surface area contributed by atoms with E-state index in [0.717, 1.165) is 32.4 Å². The van der Waals surface area contributed by atoms with Crippen molar-refractivity contribution in [3.63, 3.8) is 0 Å². The van der Waals surface area contributed by atoms with Crippen LogP contribution in [-0.4, -0.2) is 81.3 Å². The Morgan fingerprint density at radius 3 is 2.38 bits per heavy atom. The summed E-state index contributed by atoms with van der Waals surface area (Å²) in [5.74, 6) is 0.414. The lowest BCUT2D eigenvalue weighted by Gasteiger charge is -2.35. The molecular weight excluding hydrogens is 378 g/mol. The molecule has 7 nitrogen and oxygen atoms in total. The zero-order valence-corrected chi connectivity index (χ0v) is 17.4. The van der Waals surface area contributed by atoms with Gasteiger partial charge in [-0.25, -0.2) is 8.42 Å². The zero-order valence-electron chi connectivity index (χ0n) is 15.8. The summed E-state index contributed by atoms with van der Waals surface area (Å²) in [5, 5.41) is 3.36. The Labute approximate surface area is 163 Å². The molecule has 2 heterocycles. The predicted molar refractivity (Wildman–Crippen MR) is 103 cm³/mol. The molecule has 1 amide bonds. The average molecular weight is 410 g/mol.